The minimum absolute atomic E-state index is 0.0103. The van der Waals surface area contributed by atoms with E-state index in [1.165, 1.54) is 12.3 Å². The number of piperidine rings is 2. The molecular weight excluding hydrogens is 396 g/mol. The summed E-state index contributed by atoms with van der Waals surface area (Å²) in [4.78, 5) is 41.3. The van der Waals surface area contributed by atoms with Crippen LogP contribution in [-0.4, -0.2) is 58.4 Å². The molecule has 5 heterocycles. The van der Waals surface area contributed by atoms with Gasteiger partial charge in [0.05, 0.1) is 12.0 Å². The molecule has 31 heavy (non-hydrogen) atoms. The fraction of sp³-hybridized carbons (Fsp3) is 0.522. The zero-order chi connectivity index (χ0) is 21.5. The van der Waals surface area contributed by atoms with Crippen LogP contribution in [0.25, 0.3) is 0 Å². The van der Waals surface area contributed by atoms with Crippen LogP contribution in [-0.2, 0) is 11.3 Å². The molecule has 3 aliphatic heterocycles. The number of likely N-dealkylation sites (tertiary alicyclic amines) is 2. The number of carbonyl (C=O) groups is 2. The van der Waals surface area contributed by atoms with E-state index in [2.05, 4.69) is 10.2 Å². The van der Waals surface area contributed by atoms with Crippen molar-refractivity contribution < 1.29 is 14.0 Å². The number of rotatable bonds is 3. The van der Waals surface area contributed by atoms with Crippen molar-refractivity contribution in [2.24, 2.45) is 5.92 Å². The lowest BCUT2D eigenvalue weighted by molar-refractivity contribution is -0.130. The highest BCUT2D eigenvalue weighted by atomic mass is 16.3. The van der Waals surface area contributed by atoms with E-state index in [4.69, 9.17) is 4.42 Å². The van der Waals surface area contributed by atoms with Crippen LogP contribution < -0.4 is 10.9 Å². The van der Waals surface area contributed by atoms with E-state index in [0.717, 1.165) is 51.1 Å². The molecule has 0 spiro atoms. The summed E-state index contributed by atoms with van der Waals surface area (Å²) in [6.07, 6.45) is 4.47. The second kappa shape index (κ2) is 8.00. The topological polar surface area (TPSA) is 87.8 Å². The third kappa shape index (κ3) is 3.80. The number of furan rings is 1. The van der Waals surface area contributed by atoms with Gasteiger partial charge in [-0.25, -0.2) is 0 Å². The monoisotopic (exact) mass is 424 g/mol. The number of nitrogens with one attached hydrogen (secondary N) is 1. The summed E-state index contributed by atoms with van der Waals surface area (Å²) in [5, 5.41) is 2.96. The van der Waals surface area contributed by atoms with Crippen LogP contribution in [0.4, 0.5) is 5.69 Å². The van der Waals surface area contributed by atoms with Crippen molar-refractivity contribution in [1.82, 2.24) is 14.4 Å². The molecule has 8 heteroatoms. The molecule has 2 fully saturated rings. The highest BCUT2D eigenvalue weighted by molar-refractivity contribution is 6.02. The average Bonchev–Trinajstić information content (AvgIpc) is 3.31. The average molecular weight is 425 g/mol. The minimum atomic E-state index is -0.308. The third-order valence-electron chi connectivity index (χ3n) is 7.04. The van der Waals surface area contributed by atoms with Gasteiger partial charge in [-0.2, -0.15) is 0 Å². The lowest BCUT2D eigenvalue weighted by Crippen LogP contribution is -2.53. The molecule has 0 aliphatic carbocycles. The van der Waals surface area contributed by atoms with Gasteiger partial charge >= 0.3 is 0 Å². The van der Waals surface area contributed by atoms with E-state index in [1.54, 1.807) is 25.1 Å². The second-order valence-electron chi connectivity index (χ2n) is 9.00. The van der Waals surface area contributed by atoms with Crippen LogP contribution in [0.2, 0.25) is 0 Å². The van der Waals surface area contributed by atoms with Gasteiger partial charge in [0, 0.05) is 63.4 Å². The normalized spacial score (nSPS) is 24.0. The molecule has 2 atom stereocenters. The summed E-state index contributed by atoms with van der Waals surface area (Å²) in [5.41, 5.74) is 1.61. The Morgan fingerprint density at radius 1 is 1.10 bits per heavy atom. The van der Waals surface area contributed by atoms with Crippen LogP contribution in [0, 0.1) is 5.92 Å². The molecule has 0 unspecified atom stereocenters. The number of hydrogen-bond acceptors (Lipinski definition) is 5. The lowest BCUT2D eigenvalue weighted by atomic mass is 9.81. The zero-order valence-electron chi connectivity index (χ0n) is 17.8. The van der Waals surface area contributed by atoms with Crippen molar-refractivity contribution >= 4 is 17.5 Å². The quantitative estimate of drug-likeness (QED) is 0.816. The van der Waals surface area contributed by atoms with Crippen molar-refractivity contribution in [3.8, 4) is 0 Å². The Hall–Kier alpha value is -2.87. The van der Waals surface area contributed by atoms with E-state index in [-0.39, 0.29) is 29.1 Å². The maximum Gasteiger partial charge on any atom is 0.291 e. The number of fused-ring (bicyclic) bond motifs is 4. The molecule has 5 rings (SSSR count). The molecule has 8 nitrogen and oxygen atoms in total. The highest BCUT2D eigenvalue weighted by Gasteiger charge is 2.39. The van der Waals surface area contributed by atoms with E-state index < -0.39 is 0 Å². The predicted octanol–water partition coefficient (Wildman–Crippen LogP) is 2.12. The Morgan fingerprint density at radius 2 is 1.90 bits per heavy atom. The highest BCUT2D eigenvalue weighted by Crippen LogP contribution is 2.40. The van der Waals surface area contributed by atoms with E-state index >= 15 is 0 Å². The van der Waals surface area contributed by atoms with Crippen LogP contribution in [0.15, 0.2) is 39.7 Å². The Bertz CT molecular complexity index is 1040. The first-order valence-corrected chi connectivity index (χ1v) is 11.1. The maximum absolute atomic E-state index is 12.6. The molecule has 2 saturated heterocycles. The summed E-state index contributed by atoms with van der Waals surface area (Å²) >= 11 is 0. The Kier molecular flexibility index (Phi) is 5.17. The first-order valence-electron chi connectivity index (χ1n) is 11.1. The van der Waals surface area contributed by atoms with Crippen molar-refractivity contribution in [2.45, 2.75) is 44.7 Å². The molecule has 2 bridgehead atoms. The fourth-order valence-electron chi connectivity index (χ4n) is 5.59. The van der Waals surface area contributed by atoms with Crippen molar-refractivity contribution in [2.75, 3.05) is 31.5 Å². The molecule has 0 saturated carbocycles. The molecule has 1 N–H and O–H groups in total. The first-order chi connectivity index (χ1) is 15.0. The van der Waals surface area contributed by atoms with E-state index in [9.17, 15) is 14.4 Å². The fourth-order valence-corrected chi connectivity index (χ4v) is 5.59. The van der Waals surface area contributed by atoms with Gasteiger partial charge in [0.25, 0.3) is 11.5 Å². The molecule has 0 radical (unpaired) electrons. The van der Waals surface area contributed by atoms with Gasteiger partial charge < -0.3 is 19.2 Å². The molecule has 3 aliphatic rings. The van der Waals surface area contributed by atoms with E-state index in [1.807, 2.05) is 9.47 Å². The van der Waals surface area contributed by atoms with Gasteiger partial charge in [-0.1, -0.05) is 0 Å². The zero-order valence-corrected chi connectivity index (χ0v) is 17.8. The maximum atomic E-state index is 12.6. The molecule has 164 valence electrons. The van der Waals surface area contributed by atoms with Gasteiger partial charge in [0.2, 0.25) is 5.91 Å². The summed E-state index contributed by atoms with van der Waals surface area (Å²) < 4.78 is 7.08. The second-order valence-corrected chi connectivity index (χ2v) is 9.00. The van der Waals surface area contributed by atoms with Gasteiger partial charge in [-0.3, -0.25) is 19.3 Å². The SMILES string of the molecule is CC(=O)N1CCC(N2C[C@@H]3C[C@H](C2)c2c(NC(=O)c4ccco4)ccc(=O)n2C3)CC1. The largest absolute Gasteiger partial charge is 0.459 e. The Labute approximate surface area is 180 Å². The number of pyridine rings is 1. The Balaban J connectivity index is 1.38. The molecule has 0 aromatic carbocycles. The summed E-state index contributed by atoms with van der Waals surface area (Å²) in [7, 11) is 0. The number of aromatic nitrogens is 1. The van der Waals surface area contributed by atoms with Crippen molar-refractivity contribution in [3.05, 3.63) is 52.3 Å². The van der Waals surface area contributed by atoms with Crippen LogP contribution in [0.1, 0.15) is 48.4 Å². The summed E-state index contributed by atoms with van der Waals surface area (Å²) in [6, 6.07) is 7.03. The Morgan fingerprint density at radius 3 is 2.61 bits per heavy atom. The van der Waals surface area contributed by atoms with Crippen LogP contribution in [0.5, 0.6) is 0 Å². The van der Waals surface area contributed by atoms with Crippen LogP contribution in [0.3, 0.4) is 0 Å². The number of carbonyl (C=O) groups excluding carboxylic acids is 2. The first kappa shape index (κ1) is 20.1. The van der Waals surface area contributed by atoms with Gasteiger partial charge in [0.15, 0.2) is 5.76 Å². The van der Waals surface area contributed by atoms with Gasteiger partial charge in [-0.05, 0) is 43.4 Å². The number of anilines is 1. The smallest absolute Gasteiger partial charge is 0.291 e. The predicted molar refractivity (Wildman–Crippen MR) is 115 cm³/mol. The van der Waals surface area contributed by atoms with Crippen LogP contribution >= 0.6 is 0 Å². The summed E-state index contributed by atoms with van der Waals surface area (Å²) in [6.45, 7) is 5.79. The van der Waals surface area contributed by atoms with Crippen molar-refractivity contribution in [1.29, 1.82) is 0 Å². The minimum Gasteiger partial charge on any atom is -0.459 e. The lowest BCUT2D eigenvalue weighted by Gasteiger charge is -2.47. The number of nitrogens with zero attached hydrogens (tertiary/aromatic N) is 3. The number of hydrogen-bond donors (Lipinski definition) is 1. The third-order valence-corrected chi connectivity index (χ3v) is 7.04. The van der Waals surface area contributed by atoms with E-state index in [0.29, 0.717) is 24.2 Å². The molecular formula is C23H28N4O4. The van der Waals surface area contributed by atoms with Gasteiger partial charge in [-0.15, -0.1) is 0 Å². The standard InChI is InChI=1S/C23H28N4O4/c1-15(28)25-8-6-18(7-9-25)26-12-16-11-17(14-26)22-19(4-5-21(29)27(22)13-16)24-23(30)20-3-2-10-31-20/h2-5,10,16-18H,6-9,11-14H2,1H3,(H,24,30)/t16-,17+/m0/s1. The molecule has 2 amide bonds. The number of amides is 2. The van der Waals surface area contributed by atoms with Gasteiger partial charge in [0.1, 0.15) is 0 Å². The summed E-state index contributed by atoms with van der Waals surface area (Å²) in [5.74, 6) is 0.711. The molecule has 2 aromatic heterocycles. The van der Waals surface area contributed by atoms with Crippen molar-refractivity contribution in [3.63, 3.8) is 0 Å². The molecule has 2 aromatic rings.